The highest BCUT2D eigenvalue weighted by Crippen LogP contribution is 2.30. The van der Waals surface area contributed by atoms with Gasteiger partial charge in [-0.1, -0.05) is 6.07 Å². The van der Waals surface area contributed by atoms with Gasteiger partial charge in [-0.05, 0) is 98.3 Å². The molecule has 11 nitrogen and oxygen atoms in total. The summed E-state index contributed by atoms with van der Waals surface area (Å²) >= 11 is 0. The van der Waals surface area contributed by atoms with Gasteiger partial charge in [-0.3, -0.25) is 9.59 Å². The van der Waals surface area contributed by atoms with E-state index in [-0.39, 0.29) is 17.2 Å². The van der Waals surface area contributed by atoms with Crippen molar-refractivity contribution in [2.75, 3.05) is 32.8 Å². The molecule has 0 saturated heterocycles. The maximum Gasteiger partial charge on any atom is 0.343 e. The minimum Gasteiger partial charge on any atom is -0.497 e. The second-order valence-electron chi connectivity index (χ2n) is 9.29. The lowest BCUT2D eigenvalue weighted by Crippen LogP contribution is -2.18. The molecule has 0 heterocycles. The van der Waals surface area contributed by atoms with E-state index < -0.39 is 11.9 Å². The van der Waals surface area contributed by atoms with E-state index in [1.807, 2.05) is 13.8 Å². The van der Waals surface area contributed by atoms with Crippen LogP contribution in [0.5, 0.6) is 28.7 Å². The van der Waals surface area contributed by atoms with Gasteiger partial charge < -0.3 is 29.0 Å². The van der Waals surface area contributed by atoms with Gasteiger partial charge in [0.25, 0.3) is 11.8 Å². The summed E-state index contributed by atoms with van der Waals surface area (Å²) in [6.45, 7) is 4.60. The maximum absolute atomic E-state index is 12.9. The maximum atomic E-state index is 12.9. The van der Waals surface area contributed by atoms with Crippen LogP contribution in [-0.2, 0) is 0 Å². The molecule has 2 amide bonds. The molecule has 0 bridgehead atoms. The number of esters is 1. The first kappa shape index (κ1) is 32.1. The Kier molecular flexibility index (Phi) is 11.1. The van der Waals surface area contributed by atoms with Crippen molar-refractivity contribution in [2.24, 2.45) is 5.10 Å². The summed E-state index contributed by atoms with van der Waals surface area (Å²) in [7, 11) is 2.99. The number of rotatable bonds is 13. The van der Waals surface area contributed by atoms with Crippen molar-refractivity contribution in [2.45, 2.75) is 13.8 Å². The van der Waals surface area contributed by atoms with E-state index >= 15 is 0 Å². The minimum absolute atomic E-state index is 0.220. The van der Waals surface area contributed by atoms with Gasteiger partial charge in [-0.15, -0.1) is 0 Å². The zero-order valence-corrected chi connectivity index (χ0v) is 25.3. The minimum atomic E-state index is -0.558. The van der Waals surface area contributed by atoms with Gasteiger partial charge in [0.2, 0.25) is 0 Å². The molecule has 0 aromatic heterocycles. The number of methoxy groups -OCH3 is 2. The molecular formula is C34H33N3O8. The molecular weight excluding hydrogens is 578 g/mol. The lowest BCUT2D eigenvalue weighted by molar-refractivity contribution is 0.0729. The van der Waals surface area contributed by atoms with Gasteiger partial charge in [0.05, 0.1) is 39.2 Å². The highest BCUT2D eigenvalue weighted by Gasteiger charge is 2.15. The quantitative estimate of drug-likeness (QED) is 0.0847. The third-order valence-electron chi connectivity index (χ3n) is 6.28. The molecule has 0 saturated carbocycles. The van der Waals surface area contributed by atoms with Crippen LogP contribution in [0.3, 0.4) is 0 Å². The number of hydrazone groups is 1. The molecule has 2 N–H and O–H groups in total. The van der Waals surface area contributed by atoms with E-state index in [4.69, 9.17) is 23.7 Å². The van der Waals surface area contributed by atoms with Crippen molar-refractivity contribution in [3.63, 3.8) is 0 Å². The highest BCUT2D eigenvalue weighted by atomic mass is 16.6. The molecule has 4 aromatic rings. The fourth-order valence-electron chi connectivity index (χ4n) is 4.10. The van der Waals surface area contributed by atoms with Crippen LogP contribution in [0.15, 0.2) is 90.0 Å². The Balaban J connectivity index is 1.37. The van der Waals surface area contributed by atoms with Gasteiger partial charge in [0, 0.05) is 16.8 Å². The van der Waals surface area contributed by atoms with E-state index in [1.54, 1.807) is 86.0 Å². The molecule has 0 atom stereocenters. The van der Waals surface area contributed by atoms with Crippen molar-refractivity contribution >= 4 is 29.7 Å². The molecule has 45 heavy (non-hydrogen) atoms. The molecule has 4 aromatic carbocycles. The standard InChI is InChI=1S/C34H33N3O8/c1-5-43-28-17-13-25(20-31(28)44-6-2)32(38)36-26-9-7-8-24(19-26)33(39)37-35-21-22-10-16-29(30(18-22)42-4)45-34(40)23-11-14-27(41-3)15-12-23/h7-21H,5-6H2,1-4H3,(H,36,38)(H,37,39). The van der Waals surface area contributed by atoms with E-state index in [0.29, 0.717) is 58.6 Å². The molecule has 11 heteroatoms. The smallest absolute Gasteiger partial charge is 0.343 e. The highest BCUT2D eigenvalue weighted by molar-refractivity contribution is 6.05. The largest absolute Gasteiger partial charge is 0.497 e. The van der Waals surface area contributed by atoms with Crippen molar-refractivity contribution in [3.05, 3.63) is 107 Å². The zero-order valence-electron chi connectivity index (χ0n) is 25.3. The second-order valence-corrected chi connectivity index (χ2v) is 9.29. The third kappa shape index (κ3) is 8.60. The first-order chi connectivity index (χ1) is 21.8. The number of amides is 2. The average Bonchev–Trinajstić information content (AvgIpc) is 3.06. The third-order valence-corrected chi connectivity index (χ3v) is 6.28. The predicted molar refractivity (Wildman–Crippen MR) is 169 cm³/mol. The van der Waals surface area contributed by atoms with Crippen molar-refractivity contribution in [1.82, 2.24) is 5.43 Å². The summed E-state index contributed by atoms with van der Waals surface area (Å²) in [6, 6.07) is 22.7. The first-order valence-corrected chi connectivity index (χ1v) is 14.0. The molecule has 4 rings (SSSR count). The normalized spacial score (nSPS) is 10.6. The summed E-state index contributed by atoms with van der Waals surface area (Å²) < 4.78 is 27.1. The molecule has 0 spiro atoms. The molecule has 0 aliphatic heterocycles. The molecule has 0 radical (unpaired) electrons. The second kappa shape index (κ2) is 15.6. The number of ether oxygens (including phenoxy) is 5. The predicted octanol–water partition coefficient (Wildman–Crippen LogP) is 5.74. The average molecular weight is 612 g/mol. The lowest BCUT2D eigenvalue weighted by atomic mass is 10.1. The van der Waals surface area contributed by atoms with Gasteiger partial charge in [-0.2, -0.15) is 5.10 Å². The molecule has 0 aliphatic rings. The number of hydrogen-bond acceptors (Lipinski definition) is 9. The van der Waals surface area contributed by atoms with Gasteiger partial charge >= 0.3 is 5.97 Å². The monoisotopic (exact) mass is 611 g/mol. The summed E-state index contributed by atoms with van der Waals surface area (Å²) in [4.78, 5) is 38.2. The summed E-state index contributed by atoms with van der Waals surface area (Å²) in [6.07, 6.45) is 1.42. The number of anilines is 1. The van der Waals surface area contributed by atoms with Gasteiger partial charge in [0.15, 0.2) is 23.0 Å². The summed E-state index contributed by atoms with van der Waals surface area (Å²) in [5.74, 6) is 0.751. The Labute approximate surface area is 260 Å². The van der Waals surface area contributed by atoms with E-state index in [9.17, 15) is 14.4 Å². The Morgan fingerprint density at radius 3 is 2.09 bits per heavy atom. The zero-order chi connectivity index (χ0) is 32.2. The van der Waals surface area contributed by atoms with Crippen LogP contribution in [0.25, 0.3) is 0 Å². The fourth-order valence-corrected chi connectivity index (χ4v) is 4.10. The fraction of sp³-hybridized carbons (Fsp3) is 0.176. The Morgan fingerprint density at radius 2 is 1.38 bits per heavy atom. The molecule has 0 fully saturated rings. The van der Waals surface area contributed by atoms with Crippen LogP contribution < -0.4 is 34.4 Å². The molecule has 0 unspecified atom stereocenters. The molecule has 0 aliphatic carbocycles. The van der Waals surface area contributed by atoms with Crippen molar-refractivity contribution in [1.29, 1.82) is 0 Å². The van der Waals surface area contributed by atoms with Crippen molar-refractivity contribution < 1.29 is 38.1 Å². The Bertz CT molecular complexity index is 1690. The number of carbonyl (C=O) groups is 3. The number of nitrogens with zero attached hydrogens (tertiary/aromatic N) is 1. The van der Waals surface area contributed by atoms with E-state index in [2.05, 4.69) is 15.8 Å². The Morgan fingerprint density at radius 1 is 0.689 bits per heavy atom. The van der Waals surface area contributed by atoms with Gasteiger partial charge in [0.1, 0.15) is 5.75 Å². The number of hydrogen-bond donors (Lipinski definition) is 2. The van der Waals surface area contributed by atoms with Crippen LogP contribution in [-0.4, -0.2) is 51.4 Å². The summed E-state index contributed by atoms with van der Waals surface area (Å²) in [5.41, 5.74) is 4.48. The number of nitrogens with one attached hydrogen (secondary N) is 2. The molecule has 232 valence electrons. The van der Waals surface area contributed by atoms with Crippen LogP contribution in [0.1, 0.15) is 50.5 Å². The van der Waals surface area contributed by atoms with E-state index in [0.717, 1.165) is 0 Å². The Hall–Kier alpha value is -5.84. The number of carbonyl (C=O) groups excluding carboxylic acids is 3. The summed E-state index contributed by atoms with van der Waals surface area (Å²) in [5, 5.41) is 6.82. The van der Waals surface area contributed by atoms with Gasteiger partial charge in [-0.25, -0.2) is 10.2 Å². The van der Waals surface area contributed by atoms with E-state index in [1.165, 1.54) is 19.4 Å². The van der Waals surface area contributed by atoms with Crippen LogP contribution in [0, 0.1) is 0 Å². The van der Waals surface area contributed by atoms with Crippen LogP contribution in [0.2, 0.25) is 0 Å². The van der Waals surface area contributed by atoms with Crippen LogP contribution >= 0.6 is 0 Å². The topological polar surface area (TPSA) is 134 Å². The first-order valence-electron chi connectivity index (χ1n) is 14.0. The lowest BCUT2D eigenvalue weighted by Gasteiger charge is -2.12. The number of benzene rings is 4. The van der Waals surface area contributed by atoms with Crippen LogP contribution in [0.4, 0.5) is 5.69 Å². The SMILES string of the molecule is CCOc1ccc(C(=O)Nc2cccc(C(=O)NN=Cc3ccc(OC(=O)c4ccc(OC)cc4)c(OC)c3)c2)cc1OCC. The van der Waals surface area contributed by atoms with Crippen molar-refractivity contribution in [3.8, 4) is 28.7 Å².